The fraction of sp³-hybridized carbons (Fsp3) is 1.00. The van der Waals surface area contributed by atoms with E-state index in [1.54, 1.807) is 0 Å². The lowest BCUT2D eigenvalue weighted by molar-refractivity contribution is 0.220. The molecule has 1 heterocycles. The summed E-state index contributed by atoms with van der Waals surface area (Å²) in [6.07, 6.45) is 1.11. The van der Waals surface area contributed by atoms with E-state index < -0.39 is 25.8 Å². The predicted molar refractivity (Wildman–Crippen MR) is 68.1 cm³/mol. The quantitative estimate of drug-likeness (QED) is 0.793. The van der Waals surface area contributed by atoms with Crippen molar-refractivity contribution in [2.75, 3.05) is 7.05 Å². The first-order chi connectivity index (χ1) is 6.74. The van der Waals surface area contributed by atoms with Crippen molar-refractivity contribution < 1.29 is 12.3 Å². The first-order valence-corrected chi connectivity index (χ1v) is 13.2. The highest BCUT2D eigenvalue weighted by atomic mass is 28.5. The molecule has 0 aromatic heterocycles. The van der Waals surface area contributed by atoms with E-state index in [2.05, 4.69) is 38.1 Å². The highest BCUT2D eigenvalue weighted by Gasteiger charge is 2.54. The zero-order valence-corrected chi connectivity index (χ0v) is 13.6. The van der Waals surface area contributed by atoms with Gasteiger partial charge in [-0.1, -0.05) is 13.3 Å². The van der Waals surface area contributed by atoms with Gasteiger partial charge in [0.15, 0.2) is 0 Å². The van der Waals surface area contributed by atoms with Crippen LogP contribution >= 0.6 is 0 Å². The second kappa shape index (κ2) is 4.40. The van der Waals surface area contributed by atoms with Crippen molar-refractivity contribution in [3.8, 4) is 0 Å². The molecule has 0 aliphatic carbocycles. The summed E-state index contributed by atoms with van der Waals surface area (Å²) in [6, 6.07) is 1.05. The van der Waals surface area contributed by atoms with Crippen molar-refractivity contribution in [3.05, 3.63) is 0 Å². The van der Waals surface area contributed by atoms with Gasteiger partial charge in [-0.05, 0) is 39.3 Å². The highest BCUT2D eigenvalue weighted by Crippen LogP contribution is 2.31. The van der Waals surface area contributed by atoms with Gasteiger partial charge >= 0.3 is 25.8 Å². The molecule has 4 nitrogen and oxygen atoms in total. The van der Waals surface area contributed by atoms with Crippen molar-refractivity contribution in [2.45, 2.75) is 45.6 Å². The van der Waals surface area contributed by atoms with Gasteiger partial charge in [0.2, 0.25) is 0 Å². The average molecular weight is 266 g/mol. The minimum atomic E-state index is -2.17. The molecular formula is C8H23NO3Si3. The van der Waals surface area contributed by atoms with E-state index in [1.807, 2.05) is 7.05 Å². The third kappa shape index (κ3) is 3.48. The van der Waals surface area contributed by atoms with Gasteiger partial charge in [0, 0.05) is 0 Å². The molecule has 0 aromatic carbocycles. The SMILES string of the molecule is CCC[Si]1(C)O[Si](C)(C)O[Si](C)(NC)O1. The van der Waals surface area contributed by atoms with Crippen LogP contribution < -0.4 is 4.98 Å². The average Bonchev–Trinajstić information content (AvgIpc) is 1.99. The molecule has 7 heteroatoms. The van der Waals surface area contributed by atoms with Gasteiger partial charge in [0.05, 0.1) is 0 Å². The molecule has 90 valence electrons. The van der Waals surface area contributed by atoms with Crippen molar-refractivity contribution >= 4 is 25.8 Å². The summed E-state index contributed by atoms with van der Waals surface area (Å²) in [7, 11) is -4.23. The molecule has 0 saturated carbocycles. The van der Waals surface area contributed by atoms with Crippen molar-refractivity contribution in [1.82, 2.24) is 4.98 Å². The van der Waals surface area contributed by atoms with E-state index in [9.17, 15) is 0 Å². The summed E-state index contributed by atoms with van der Waals surface area (Å²) >= 11 is 0. The van der Waals surface area contributed by atoms with Crippen LogP contribution in [0, 0.1) is 0 Å². The van der Waals surface area contributed by atoms with Gasteiger partial charge in [0.25, 0.3) is 0 Å². The summed E-state index contributed by atoms with van der Waals surface area (Å²) in [4.78, 5) is 3.23. The topological polar surface area (TPSA) is 39.7 Å². The number of nitrogens with one attached hydrogen (secondary N) is 1. The summed E-state index contributed by atoms with van der Waals surface area (Å²) in [5, 5.41) is 0. The first-order valence-electron chi connectivity index (χ1n) is 5.54. The molecule has 0 bridgehead atoms. The second-order valence-corrected chi connectivity index (χ2v) is 15.2. The molecule has 15 heavy (non-hydrogen) atoms. The molecule has 1 saturated heterocycles. The van der Waals surface area contributed by atoms with Crippen molar-refractivity contribution in [3.63, 3.8) is 0 Å². The maximum Gasteiger partial charge on any atom is 0.403 e. The number of hydrogen-bond donors (Lipinski definition) is 1. The largest absolute Gasteiger partial charge is 0.416 e. The lowest BCUT2D eigenvalue weighted by Crippen LogP contribution is -2.71. The Morgan fingerprint density at radius 1 is 1.00 bits per heavy atom. The molecule has 1 N–H and O–H groups in total. The van der Waals surface area contributed by atoms with E-state index in [4.69, 9.17) is 12.3 Å². The standard InChI is InChI=1S/C8H23NO3Si3/c1-7-8-14(5)10-13(3,4)11-15(6,9-2)12-14/h9H,7-8H2,1-6H3. The molecule has 0 aromatic rings. The van der Waals surface area contributed by atoms with E-state index in [-0.39, 0.29) is 0 Å². The fourth-order valence-corrected chi connectivity index (χ4v) is 17.5. The molecule has 0 spiro atoms. The maximum atomic E-state index is 6.14. The van der Waals surface area contributed by atoms with Gasteiger partial charge in [-0.25, -0.2) is 0 Å². The van der Waals surface area contributed by atoms with Gasteiger partial charge in [0.1, 0.15) is 0 Å². The molecule has 1 aliphatic rings. The number of hydrogen-bond acceptors (Lipinski definition) is 4. The third-order valence-electron chi connectivity index (χ3n) is 2.47. The van der Waals surface area contributed by atoms with Crippen LogP contribution in [0.3, 0.4) is 0 Å². The van der Waals surface area contributed by atoms with Crippen molar-refractivity contribution in [2.24, 2.45) is 0 Å². The highest BCUT2D eigenvalue weighted by molar-refractivity contribution is 6.92. The van der Waals surface area contributed by atoms with E-state index in [1.165, 1.54) is 0 Å². The lowest BCUT2D eigenvalue weighted by atomic mass is 10.6. The van der Waals surface area contributed by atoms with Crippen LogP contribution in [0.2, 0.25) is 32.2 Å². The summed E-state index contributed by atoms with van der Waals surface area (Å²) < 4.78 is 18.3. The number of rotatable bonds is 3. The Balaban J connectivity index is 2.85. The minimum Gasteiger partial charge on any atom is -0.416 e. The van der Waals surface area contributed by atoms with Crippen LogP contribution in [0.1, 0.15) is 13.3 Å². The molecule has 0 radical (unpaired) electrons. The smallest absolute Gasteiger partial charge is 0.403 e. The normalized spacial score (nSPS) is 40.4. The van der Waals surface area contributed by atoms with Gasteiger partial charge in [-0.15, -0.1) is 0 Å². The first kappa shape index (κ1) is 13.6. The summed E-state index contributed by atoms with van der Waals surface area (Å²) in [6.45, 7) is 10.6. The Bertz CT molecular complexity index is 241. The van der Waals surface area contributed by atoms with Gasteiger partial charge < -0.3 is 12.3 Å². The van der Waals surface area contributed by atoms with Crippen LogP contribution in [0.5, 0.6) is 0 Å². The molecule has 1 aliphatic heterocycles. The summed E-state index contributed by atoms with van der Waals surface area (Å²) in [5.74, 6) is 0. The van der Waals surface area contributed by atoms with Crippen LogP contribution in [0.15, 0.2) is 0 Å². The Morgan fingerprint density at radius 3 is 2.07 bits per heavy atom. The molecule has 0 amide bonds. The Kier molecular flexibility index (Phi) is 3.97. The van der Waals surface area contributed by atoms with E-state index >= 15 is 0 Å². The van der Waals surface area contributed by atoms with Crippen LogP contribution in [-0.2, 0) is 12.3 Å². The van der Waals surface area contributed by atoms with Crippen LogP contribution in [0.25, 0.3) is 0 Å². The molecular weight excluding hydrogens is 242 g/mol. The Hall–Kier alpha value is 0.491. The summed E-state index contributed by atoms with van der Waals surface area (Å²) in [5.41, 5.74) is 0. The molecule has 2 unspecified atom stereocenters. The molecule has 2 atom stereocenters. The Morgan fingerprint density at radius 2 is 1.60 bits per heavy atom. The Labute approximate surface area is 96.1 Å². The van der Waals surface area contributed by atoms with Gasteiger partial charge in [-0.2, -0.15) is 0 Å². The van der Waals surface area contributed by atoms with Gasteiger partial charge in [-0.3, -0.25) is 4.98 Å². The third-order valence-corrected chi connectivity index (χ3v) is 15.3. The zero-order valence-electron chi connectivity index (χ0n) is 10.6. The zero-order chi connectivity index (χ0) is 11.7. The maximum absolute atomic E-state index is 6.14. The van der Waals surface area contributed by atoms with Crippen LogP contribution in [0.4, 0.5) is 0 Å². The monoisotopic (exact) mass is 265 g/mol. The van der Waals surface area contributed by atoms with E-state index in [0.29, 0.717) is 0 Å². The van der Waals surface area contributed by atoms with E-state index in [0.717, 1.165) is 12.5 Å². The van der Waals surface area contributed by atoms with Crippen molar-refractivity contribution in [1.29, 1.82) is 0 Å². The van der Waals surface area contributed by atoms with Crippen LogP contribution in [-0.4, -0.2) is 32.9 Å². The predicted octanol–water partition coefficient (Wildman–Crippen LogP) is 2.02. The lowest BCUT2D eigenvalue weighted by Gasteiger charge is -2.48. The fourth-order valence-electron chi connectivity index (χ4n) is 2.12. The second-order valence-electron chi connectivity index (χ2n) is 4.79. The molecule has 1 fully saturated rings. The minimum absolute atomic E-state index is 1.05. The molecule has 1 rings (SSSR count).